The normalized spacial score (nSPS) is 15.2. The van der Waals surface area contributed by atoms with E-state index in [4.69, 9.17) is 4.74 Å². The van der Waals surface area contributed by atoms with Crippen molar-refractivity contribution >= 4 is 35.2 Å². The first-order valence-corrected chi connectivity index (χ1v) is 11.9. The molecule has 32 heavy (non-hydrogen) atoms. The number of nitrogens with zero attached hydrogens (tertiary/aromatic N) is 1. The van der Waals surface area contributed by atoms with Crippen molar-refractivity contribution in [2.24, 2.45) is 5.92 Å². The van der Waals surface area contributed by atoms with Crippen molar-refractivity contribution in [3.63, 3.8) is 0 Å². The second kappa shape index (κ2) is 11.2. The van der Waals surface area contributed by atoms with Gasteiger partial charge in [-0.25, -0.2) is 4.79 Å². The molecule has 2 aromatic rings. The molecule has 0 aliphatic carbocycles. The molecule has 0 spiro atoms. The molecule has 0 saturated carbocycles. The van der Waals surface area contributed by atoms with Crippen molar-refractivity contribution in [1.29, 1.82) is 0 Å². The first kappa shape index (κ1) is 23.9. The summed E-state index contributed by atoms with van der Waals surface area (Å²) in [6, 6.07) is 14.5. The van der Waals surface area contributed by atoms with Gasteiger partial charge in [-0.3, -0.25) is 9.59 Å². The van der Waals surface area contributed by atoms with Crippen LogP contribution in [0.5, 0.6) is 0 Å². The number of nitrogens with one attached hydrogen (secondary N) is 1. The van der Waals surface area contributed by atoms with Crippen LogP contribution >= 0.6 is 11.8 Å². The Bertz CT molecular complexity index is 953. The minimum Gasteiger partial charge on any atom is -0.449 e. The number of benzene rings is 2. The standard InChI is InChI=1S/C25H30N2O4S/c1-17-8-10-20(11-9-17)26-23(28)16-32-22-7-5-4-6-21(22)25(30)31-19(3)24(29)27-14-12-18(2)13-15-27/h4-11,18-19H,12-16H2,1-3H3,(H,26,28)/t19-/m0/s1. The Labute approximate surface area is 193 Å². The maximum atomic E-state index is 12.8. The SMILES string of the molecule is Cc1ccc(NC(=O)CSc2ccccc2C(=O)O[C@@H](C)C(=O)N2CCC(C)CC2)cc1. The van der Waals surface area contributed by atoms with Crippen molar-refractivity contribution in [1.82, 2.24) is 4.90 Å². The highest BCUT2D eigenvalue weighted by Crippen LogP contribution is 2.25. The molecule has 1 aliphatic rings. The van der Waals surface area contributed by atoms with E-state index in [1.165, 1.54) is 11.8 Å². The number of piperidine rings is 1. The first-order chi connectivity index (χ1) is 15.3. The van der Waals surface area contributed by atoms with Crippen LogP contribution in [0.25, 0.3) is 0 Å². The van der Waals surface area contributed by atoms with E-state index in [2.05, 4.69) is 12.2 Å². The number of likely N-dealkylation sites (tertiary alicyclic amines) is 1. The van der Waals surface area contributed by atoms with Crippen LogP contribution in [-0.2, 0) is 14.3 Å². The molecule has 2 amide bonds. The molecule has 0 unspecified atom stereocenters. The summed E-state index contributed by atoms with van der Waals surface area (Å²) in [5, 5.41) is 2.85. The number of thioether (sulfide) groups is 1. The summed E-state index contributed by atoms with van der Waals surface area (Å²) in [4.78, 5) is 40.2. The van der Waals surface area contributed by atoms with E-state index in [-0.39, 0.29) is 17.6 Å². The van der Waals surface area contributed by atoms with Crippen molar-refractivity contribution in [3.05, 3.63) is 59.7 Å². The predicted octanol–water partition coefficient (Wildman–Crippen LogP) is 4.53. The number of hydrogen-bond donors (Lipinski definition) is 1. The van der Waals surface area contributed by atoms with Gasteiger partial charge in [-0.2, -0.15) is 0 Å². The number of rotatable bonds is 7. The van der Waals surface area contributed by atoms with Crippen molar-refractivity contribution in [2.75, 3.05) is 24.2 Å². The smallest absolute Gasteiger partial charge is 0.340 e. The highest BCUT2D eigenvalue weighted by Gasteiger charge is 2.27. The van der Waals surface area contributed by atoms with Crippen LogP contribution in [0.4, 0.5) is 5.69 Å². The molecule has 7 heteroatoms. The third kappa shape index (κ3) is 6.60. The van der Waals surface area contributed by atoms with Crippen LogP contribution in [0, 0.1) is 12.8 Å². The summed E-state index contributed by atoms with van der Waals surface area (Å²) in [7, 11) is 0. The summed E-state index contributed by atoms with van der Waals surface area (Å²) in [6.45, 7) is 7.18. The molecule has 6 nitrogen and oxygen atoms in total. The van der Waals surface area contributed by atoms with Crippen LogP contribution in [-0.4, -0.2) is 47.6 Å². The molecule has 1 N–H and O–H groups in total. The molecule has 1 fully saturated rings. The first-order valence-electron chi connectivity index (χ1n) is 10.9. The van der Waals surface area contributed by atoms with Gasteiger partial charge in [0.05, 0.1) is 11.3 Å². The van der Waals surface area contributed by atoms with Gasteiger partial charge in [-0.1, -0.05) is 36.8 Å². The molecule has 3 rings (SSSR count). The van der Waals surface area contributed by atoms with E-state index in [1.54, 1.807) is 36.1 Å². The zero-order valence-corrected chi connectivity index (χ0v) is 19.6. The van der Waals surface area contributed by atoms with Gasteiger partial charge in [0.15, 0.2) is 6.10 Å². The number of anilines is 1. The van der Waals surface area contributed by atoms with Crippen LogP contribution < -0.4 is 5.32 Å². The molecule has 1 heterocycles. The Hall–Kier alpha value is -2.80. The van der Waals surface area contributed by atoms with E-state index in [0.717, 1.165) is 24.1 Å². The van der Waals surface area contributed by atoms with Crippen LogP contribution in [0.3, 0.4) is 0 Å². The minimum atomic E-state index is -0.848. The largest absolute Gasteiger partial charge is 0.449 e. The Morgan fingerprint density at radius 1 is 1.09 bits per heavy atom. The van der Waals surface area contributed by atoms with Crippen LogP contribution in [0.1, 0.15) is 42.6 Å². The average Bonchev–Trinajstić information content (AvgIpc) is 2.79. The number of amides is 2. The monoisotopic (exact) mass is 454 g/mol. The van der Waals surface area contributed by atoms with Gasteiger partial charge in [0.2, 0.25) is 5.91 Å². The zero-order valence-electron chi connectivity index (χ0n) is 18.8. The maximum absolute atomic E-state index is 12.8. The van der Waals surface area contributed by atoms with Gasteiger partial charge in [-0.05, 0) is 56.9 Å². The Morgan fingerprint density at radius 2 is 1.75 bits per heavy atom. The number of ether oxygens (including phenoxy) is 1. The number of carbonyl (C=O) groups excluding carboxylic acids is 3. The predicted molar refractivity (Wildman–Crippen MR) is 127 cm³/mol. The molecule has 2 aromatic carbocycles. The van der Waals surface area contributed by atoms with E-state index < -0.39 is 12.1 Å². The summed E-state index contributed by atoms with van der Waals surface area (Å²) in [5.41, 5.74) is 2.20. The van der Waals surface area contributed by atoms with Gasteiger partial charge < -0.3 is 15.0 Å². The van der Waals surface area contributed by atoms with Gasteiger partial charge in [0.25, 0.3) is 5.91 Å². The fourth-order valence-corrected chi connectivity index (χ4v) is 4.34. The van der Waals surface area contributed by atoms with Gasteiger partial charge in [0.1, 0.15) is 0 Å². The van der Waals surface area contributed by atoms with Gasteiger partial charge in [0, 0.05) is 23.7 Å². The number of carbonyl (C=O) groups is 3. The molecular weight excluding hydrogens is 424 g/mol. The van der Waals surface area contributed by atoms with Gasteiger partial charge in [-0.15, -0.1) is 11.8 Å². The van der Waals surface area contributed by atoms with Crippen molar-refractivity contribution in [2.45, 2.75) is 44.6 Å². The zero-order chi connectivity index (χ0) is 23.1. The quantitative estimate of drug-likeness (QED) is 0.491. The average molecular weight is 455 g/mol. The molecule has 0 bridgehead atoms. The molecule has 0 aromatic heterocycles. The highest BCUT2D eigenvalue weighted by atomic mass is 32.2. The fraction of sp³-hybridized carbons (Fsp3) is 0.400. The third-order valence-electron chi connectivity index (χ3n) is 5.53. The van der Waals surface area contributed by atoms with E-state index in [9.17, 15) is 14.4 Å². The Balaban J connectivity index is 1.56. The molecule has 1 saturated heterocycles. The van der Waals surface area contributed by atoms with Crippen LogP contribution in [0.15, 0.2) is 53.4 Å². The summed E-state index contributed by atoms with van der Waals surface area (Å²) in [5.74, 6) is -0.112. The lowest BCUT2D eigenvalue weighted by molar-refractivity contribution is -0.141. The van der Waals surface area contributed by atoms with E-state index >= 15 is 0 Å². The molecule has 170 valence electrons. The molecule has 1 atom stereocenters. The number of hydrogen-bond acceptors (Lipinski definition) is 5. The molecular formula is C25H30N2O4S. The van der Waals surface area contributed by atoms with Crippen molar-refractivity contribution < 1.29 is 19.1 Å². The number of esters is 1. The second-order valence-electron chi connectivity index (χ2n) is 8.25. The lowest BCUT2D eigenvalue weighted by Gasteiger charge is -2.31. The number of aryl methyl sites for hydroxylation is 1. The van der Waals surface area contributed by atoms with Crippen LogP contribution in [0.2, 0.25) is 0 Å². The lowest BCUT2D eigenvalue weighted by atomic mass is 9.99. The molecule has 0 radical (unpaired) electrons. The fourth-order valence-electron chi connectivity index (χ4n) is 3.50. The lowest BCUT2D eigenvalue weighted by Crippen LogP contribution is -2.44. The Kier molecular flexibility index (Phi) is 8.33. The summed E-state index contributed by atoms with van der Waals surface area (Å²) < 4.78 is 5.49. The summed E-state index contributed by atoms with van der Waals surface area (Å²) >= 11 is 1.26. The third-order valence-corrected chi connectivity index (χ3v) is 6.60. The maximum Gasteiger partial charge on any atom is 0.340 e. The van der Waals surface area contributed by atoms with E-state index in [1.807, 2.05) is 31.2 Å². The van der Waals surface area contributed by atoms with Crippen molar-refractivity contribution in [3.8, 4) is 0 Å². The minimum absolute atomic E-state index is 0.151. The topological polar surface area (TPSA) is 75.7 Å². The Morgan fingerprint density at radius 3 is 2.44 bits per heavy atom. The second-order valence-corrected chi connectivity index (χ2v) is 9.27. The highest BCUT2D eigenvalue weighted by molar-refractivity contribution is 8.00. The summed E-state index contributed by atoms with van der Waals surface area (Å²) in [6.07, 6.45) is 1.09. The molecule has 1 aliphatic heterocycles. The van der Waals surface area contributed by atoms with Gasteiger partial charge >= 0.3 is 5.97 Å². The van der Waals surface area contributed by atoms with E-state index in [0.29, 0.717) is 29.5 Å².